The van der Waals surface area contributed by atoms with E-state index in [0.29, 0.717) is 19.4 Å². The van der Waals surface area contributed by atoms with Gasteiger partial charge in [0, 0.05) is 12.5 Å². The van der Waals surface area contributed by atoms with Crippen molar-refractivity contribution in [2.45, 2.75) is 31.4 Å². The number of amides is 1. The number of allylic oxidation sites excluding steroid dienone is 3. The third kappa shape index (κ3) is 5.41. The van der Waals surface area contributed by atoms with Crippen LogP contribution in [-0.4, -0.2) is 46.4 Å². The number of hydrogen-bond donors (Lipinski definition) is 2. The molecule has 6 nitrogen and oxygen atoms in total. The number of carboxylic acid groups (broad SMARTS) is 1. The van der Waals surface area contributed by atoms with Crippen LogP contribution in [-0.2, 0) is 16.1 Å². The van der Waals surface area contributed by atoms with Crippen molar-refractivity contribution in [2.24, 2.45) is 0 Å². The molecule has 6 heteroatoms. The van der Waals surface area contributed by atoms with E-state index in [1.54, 1.807) is 12.2 Å². The van der Waals surface area contributed by atoms with Crippen molar-refractivity contribution in [1.82, 2.24) is 4.90 Å². The van der Waals surface area contributed by atoms with Crippen molar-refractivity contribution in [2.75, 3.05) is 13.2 Å². The molecule has 1 saturated heterocycles. The summed E-state index contributed by atoms with van der Waals surface area (Å²) >= 11 is 0. The minimum absolute atomic E-state index is 0.114. The highest BCUT2D eigenvalue weighted by Crippen LogP contribution is 2.43. The zero-order chi connectivity index (χ0) is 23.8. The van der Waals surface area contributed by atoms with E-state index in [0.717, 1.165) is 27.8 Å². The van der Waals surface area contributed by atoms with Gasteiger partial charge in [-0.1, -0.05) is 79.9 Å². The second-order valence-electron chi connectivity index (χ2n) is 7.83. The number of nitrogens with zero attached hydrogens (tertiary/aromatic N) is 1. The normalized spacial score (nSPS) is 18.8. The van der Waals surface area contributed by atoms with Gasteiger partial charge in [0.05, 0.1) is 6.61 Å². The van der Waals surface area contributed by atoms with Crippen molar-refractivity contribution >= 4 is 17.6 Å². The predicted molar refractivity (Wildman–Crippen MR) is 128 cm³/mol. The molecular formula is C27H29NO5. The van der Waals surface area contributed by atoms with E-state index in [1.807, 2.05) is 54.6 Å². The molecular weight excluding hydrogens is 418 g/mol. The number of aliphatic carboxylic acids is 1. The second kappa shape index (κ2) is 11.3. The van der Waals surface area contributed by atoms with Crippen molar-refractivity contribution in [3.05, 3.63) is 102 Å². The maximum Gasteiger partial charge on any atom is 0.410 e. The molecule has 0 bridgehead atoms. The number of carbonyl (C=O) groups excluding carboxylic acids is 1. The van der Waals surface area contributed by atoms with E-state index >= 15 is 0 Å². The molecule has 2 N–H and O–H groups in total. The number of carboxylic acids is 1. The van der Waals surface area contributed by atoms with Crippen LogP contribution in [0.4, 0.5) is 4.79 Å². The average molecular weight is 448 g/mol. The maximum atomic E-state index is 12.4. The first-order valence-electron chi connectivity index (χ1n) is 10.9. The summed E-state index contributed by atoms with van der Waals surface area (Å²) in [5.41, 5.74) is 5.07. The Kier molecular flexibility index (Phi) is 8.22. The van der Waals surface area contributed by atoms with Gasteiger partial charge in [-0.3, -0.25) is 4.90 Å². The van der Waals surface area contributed by atoms with Crippen LogP contribution in [0.5, 0.6) is 0 Å². The summed E-state index contributed by atoms with van der Waals surface area (Å²) < 4.78 is 5.48. The summed E-state index contributed by atoms with van der Waals surface area (Å²) in [6.07, 6.45) is 4.13. The Balaban J connectivity index is 0.000000323. The first kappa shape index (κ1) is 24.0. The summed E-state index contributed by atoms with van der Waals surface area (Å²) in [4.78, 5) is 24.9. The number of rotatable bonds is 6. The molecule has 0 spiro atoms. The van der Waals surface area contributed by atoms with Crippen LogP contribution in [0, 0.1) is 0 Å². The molecule has 172 valence electrons. The zero-order valence-corrected chi connectivity index (χ0v) is 18.5. The van der Waals surface area contributed by atoms with E-state index in [-0.39, 0.29) is 19.1 Å². The van der Waals surface area contributed by atoms with Gasteiger partial charge in [0.2, 0.25) is 0 Å². The van der Waals surface area contributed by atoms with E-state index in [9.17, 15) is 14.7 Å². The lowest BCUT2D eigenvalue weighted by Crippen LogP contribution is -2.41. The lowest BCUT2D eigenvalue weighted by Gasteiger charge is -2.22. The Morgan fingerprint density at radius 2 is 1.76 bits per heavy atom. The fourth-order valence-electron chi connectivity index (χ4n) is 4.28. The Hall–Kier alpha value is -3.64. The molecule has 2 unspecified atom stereocenters. The summed E-state index contributed by atoms with van der Waals surface area (Å²) in [5, 5.41) is 17.7. The topological polar surface area (TPSA) is 87.1 Å². The molecule has 2 aliphatic rings. The highest BCUT2D eigenvalue weighted by Gasteiger charge is 2.36. The number of aliphatic hydroxyl groups excluding tert-OH is 1. The molecule has 2 atom stereocenters. The summed E-state index contributed by atoms with van der Waals surface area (Å²) in [5.74, 6) is -1.10. The molecule has 1 fully saturated rings. The van der Waals surface area contributed by atoms with Gasteiger partial charge in [-0.25, -0.2) is 9.59 Å². The van der Waals surface area contributed by atoms with Gasteiger partial charge >= 0.3 is 12.1 Å². The Labute approximate surface area is 194 Å². The van der Waals surface area contributed by atoms with Gasteiger partial charge < -0.3 is 14.9 Å². The lowest BCUT2D eigenvalue weighted by atomic mass is 9.97. The van der Waals surface area contributed by atoms with E-state index in [2.05, 4.69) is 13.2 Å². The number of ether oxygens (including phenoxy) is 1. The van der Waals surface area contributed by atoms with Gasteiger partial charge in [-0.15, -0.1) is 0 Å². The van der Waals surface area contributed by atoms with Gasteiger partial charge in [0.1, 0.15) is 12.6 Å². The predicted octanol–water partition coefficient (Wildman–Crippen LogP) is 4.77. The molecule has 0 saturated carbocycles. The van der Waals surface area contributed by atoms with Crippen LogP contribution >= 0.6 is 0 Å². The third-order valence-electron chi connectivity index (χ3n) is 5.91. The number of hydrogen-bond acceptors (Lipinski definition) is 4. The molecule has 2 aromatic carbocycles. The van der Waals surface area contributed by atoms with Crippen LogP contribution < -0.4 is 0 Å². The first-order chi connectivity index (χ1) is 16.0. The molecule has 0 aromatic heterocycles. The molecule has 2 aromatic rings. The van der Waals surface area contributed by atoms with Crippen LogP contribution in [0.3, 0.4) is 0 Å². The Morgan fingerprint density at radius 1 is 1.06 bits per heavy atom. The minimum atomic E-state index is -0.985. The van der Waals surface area contributed by atoms with Crippen LogP contribution in [0.2, 0.25) is 0 Å². The molecule has 4 rings (SSSR count). The number of benzene rings is 2. The summed E-state index contributed by atoms with van der Waals surface area (Å²) in [6.45, 7) is 8.46. The zero-order valence-electron chi connectivity index (χ0n) is 18.5. The van der Waals surface area contributed by atoms with E-state index in [1.165, 1.54) is 4.90 Å². The minimum Gasteiger partial charge on any atom is -0.480 e. The van der Waals surface area contributed by atoms with Gasteiger partial charge in [-0.2, -0.15) is 0 Å². The molecule has 1 aliphatic carbocycles. The van der Waals surface area contributed by atoms with Crippen molar-refractivity contribution < 1.29 is 24.5 Å². The smallest absolute Gasteiger partial charge is 0.410 e. The number of fused-ring (bicyclic) bond motifs is 1. The maximum absolute atomic E-state index is 12.4. The number of carbonyl (C=O) groups is 2. The number of aliphatic hydroxyl groups is 1. The second-order valence-corrected chi connectivity index (χ2v) is 7.83. The lowest BCUT2D eigenvalue weighted by molar-refractivity contribution is -0.141. The van der Waals surface area contributed by atoms with E-state index < -0.39 is 18.1 Å². The van der Waals surface area contributed by atoms with Crippen LogP contribution in [0.15, 0.2) is 85.5 Å². The SMILES string of the molecule is C=CC1=C(C=C)C(COC(=O)N2CCCC2C(=O)O)c2ccccc21.OCc1ccccc1. The van der Waals surface area contributed by atoms with Gasteiger partial charge in [-0.05, 0) is 40.7 Å². The summed E-state index contributed by atoms with van der Waals surface area (Å²) in [6, 6.07) is 16.7. The molecule has 1 amide bonds. The van der Waals surface area contributed by atoms with Gasteiger partial charge in [0.15, 0.2) is 0 Å². The van der Waals surface area contributed by atoms with Gasteiger partial charge in [0.25, 0.3) is 0 Å². The van der Waals surface area contributed by atoms with Crippen molar-refractivity contribution in [3.63, 3.8) is 0 Å². The molecule has 0 radical (unpaired) electrons. The fourth-order valence-corrected chi connectivity index (χ4v) is 4.28. The molecule has 33 heavy (non-hydrogen) atoms. The monoisotopic (exact) mass is 447 g/mol. The summed E-state index contributed by atoms with van der Waals surface area (Å²) in [7, 11) is 0. The Bertz CT molecular complexity index is 1040. The van der Waals surface area contributed by atoms with Crippen LogP contribution in [0.25, 0.3) is 5.57 Å². The molecule has 1 heterocycles. The average Bonchev–Trinajstić information content (AvgIpc) is 3.46. The highest BCUT2D eigenvalue weighted by atomic mass is 16.6. The number of likely N-dealkylation sites (tertiary alicyclic amines) is 1. The fraction of sp³-hybridized carbons (Fsp3) is 0.259. The quantitative estimate of drug-likeness (QED) is 0.666. The standard InChI is InChI=1S/C20H21NO4.C7H8O/c1-3-13-14(4-2)17(16-9-6-5-8-15(13)16)12-25-20(24)21-11-7-10-18(21)19(22)23;8-6-7-4-2-1-3-5-7/h3-6,8-9,17-18H,1-2,7,10-12H2,(H,22,23);1-5,8H,6H2. The first-order valence-corrected chi connectivity index (χ1v) is 10.9. The van der Waals surface area contributed by atoms with Crippen molar-refractivity contribution in [3.8, 4) is 0 Å². The third-order valence-corrected chi connectivity index (χ3v) is 5.91. The molecule has 1 aliphatic heterocycles. The Morgan fingerprint density at radius 3 is 2.36 bits per heavy atom. The highest BCUT2D eigenvalue weighted by molar-refractivity contribution is 5.86. The van der Waals surface area contributed by atoms with Crippen LogP contribution in [0.1, 0.15) is 35.4 Å². The largest absolute Gasteiger partial charge is 0.480 e. The van der Waals surface area contributed by atoms with E-state index in [4.69, 9.17) is 9.84 Å². The van der Waals surface area contributed by atoms with Crippen molar-refractivity contribution in [1.29, 1.82) is 0 Å².